The highest BCUT2D eigenvalue weighted by Crippen LogP contribution is 2.16. The van der Waals surface area contributed by atoms with Gasteiger partial charge in [-0.25, -0.2) is 0 Å². The van der Waals surface area contributed by atoms with Crippen LogP contribution in [0.25, 0.3) is 6.08 Å². The van der Waals surface area contributed by atoms with E-state index in [-0.39, 0.29) is 12.4 Å². The number of nitrogens with zero attached hydrogens (tertiary/aromatic N) is 1. The molecule has 0 saturated carbocycles. The zero-order valence-electron chi connectivity index (χ0n) is 11.9. The van der Waals surface area contributed by atoms with Gasteiger partial charge in [-0.1, -0.05) is 48.6 Å². The fourth-order valence-corrected chi connectivity index (χ4v) is 3.07. The highest BCUT2D eigenvalue weighted by atomic mass is 35.5. The molecular formula is C18H20ClNS. The van der Waals surface area contributed by atoms with Crippen LogP contribution in [0.4, 0.5) is 0 Å². The Hall–Kier alpha value is -1.35. The van der Waals surface area contributed by atoms with Crippen molar-refractivity contribution in [2.24, 2.45) is 0 Å². The van der Waals surface area contributed by atoms with Gasteiger partial charge in [-0.3, -0.25) is 4.90 Å². The van der Waals surface area contributed by atoms with Crippen molar-refractivity contribution in [3.8, 4) is 0 Å². The molecule has 1 aromatic heterocycles. The van der Waals surface area contributed by atoms with Gasteiger partial charge in [-0.2, -0.15) is 11.3 Å². The minimum atomic E-state index is 0. The molecule has 2 aromatic rings. The van der Waals surface area contributed by atoms with Gasteiger partial charge in [-0.15, -0.1) is 12.4 Å². The predicted molar refractivity (Wildman–Crippen MR) is 95.0 cm³/mol. The third-order valence-corrected chi connectivity index (χ3v) is 4.31. The molecule has 0 fully saturated rings. The van der Waals surface area contributed by atoms with Crippen LogP contribution in [0.2, 0.25) is 0 Å². The lowest BCUT2D eigenvalue weighted by Crippen LogP contribution is -2.27. The summed E-state index contributed by atoms with van der Waals surface area (Å²) in [5, 5.41) is 4.30. The average molecular weight is 318 g/mol. The Kier molecular flexibility index (Phi) is 6.24. The monoisotopic (exact) mass is 317 g/mol. The van der Waals surface area contributed by atoms with E-state index in [1.807, 2.05) is 0 Å². The Morgan fingerprint density at radius 3 is 2.62 bits per heavy atom. The molecule has 0 bridgehead atoms. The third kappa shape index (κ3) is 4.85. The first-order chi connectivity index (χ1) is 9.90. The minimum Gasteiger partial charge on any atom is -0.295 e. The first-order valence-electron chi connectivity index (χ1n) is 7.06. The maximum absolute atomic E-state index is 2.50. The zero-order valence-corrected chi connectivity index (χ0v) is 13.6. The standard InChI is InChI=1S/C18H19NS.ClH/c1-2-4-17(5-3-1)14-19-11-8-16(9-12-19)6-7-18-10-13-20-15-18;/h1-8,10,13,15H,9,11-12,14H2;1H/b7-6+;. The highest BCUT2D eigenvalue weighted by molar-refractivity contribution is 7.08. The molecule has 0 aliphatic carbocycles. The molecule has 0 spiro atoms. The van der Waals surface area contributed by atoms with Gasteiger partial charge in [0.2, 0.25) is 0 Å². The van der Waals surface area contributed by atoms with Crippen LogP contribution in [-0.2, 0) is 6.54 Å². The molecule has 0 saturated heterocycles. The molecule has 3 rings (SSSR count). The number of hydrogen-bond acceptors (Lipinski definition) is 2. The highest BCUT2D eigenvalue weighted by Gasteiger charge is 2.10. The predicted octanol–water partition coefficient (Wildman–Crippen LogP) is 5.02. The van der Waals surface area contributed by atoms with Crippen molar-refractivity contribution in [1.29, 1.82) is 0 Å². The maximum atomic E-state index is 2.50. The third-order valence-electron chi connectivity index (χ3n) is 3.61. The van der Waals surface area contributed by atoms with Gasteiger partial charge in [0.25, 0.3) is 0 Å². The van der Waals surface area contributed by atoms with Gasteiger partial charge in [-0.05, 0) is 39.9 Å². The van der Waals surface area contributed by atoms with Gasteiger partial charge in [0.05, 0.1) is 0 Å². The molecule has 1 aliphatic rings. The Labute approximate surface area is 137 Å². The second kappa shape index (κ2) is 8.18. The summed E-state index contributed by atoms with van der Waals surface area (Å²) in [6.07, 6.45) is 7.99. The molecule has 0 amide bonds. The number of thiophene rings is 1. The molecule has 110 valence electrons. The Bertz CT molecular complexity index is 587. The first kappa shape index (κ1) is 16.0. The molecule has 21 heavy (non-hydrogen) atoms. The lowest BCUT2D eigenvalue weighted by atomic mass is 10.1. The van der Waals surface area contributed by atoms with Crippen LogP contribution < -0.4 is 0 Å². The molecule has 1 nitrogen and oxygen atoms in total. The lowest BCUT2D eigenvalue weighted by Gasteiger charge is -2.25. The van der Waals surface area contributed by atoms with E-state index in [2.05, 4.69) is 70.3 Å². The number of benzene rings is 1. The smallest absolute Gasteiger partial charge is 0.0237 e. The van der Waals surface area contributed by atoms with Crippen LogP contribution in [0.15, 0.2) is 64.9 Å². The summed E-state index contributed by atoms with van der Waals surface area (Å²) in [5.74, 6) is 0. The van der Waals surface area contributed by atoms with Crippen molar-refractivity contribution in [3.05, 3.63) is 76.0 Å². The average Bonchev–Trinajstić information content (AvgIpc) is 3.01. The van der Waals surface area contributed by atoms with E-state index in [1.54, 1.807) is 11.3 Å². The number of halogens is 1. The van der Waals surface area contributed by atoms with Gasteiger partial charge in [0, 0.05) is 19.6 Å². The zero-order chi connectivity index (χ0) is 13.6. The molecule has 0 unspecified atom stereocenters. The fraction of sp³-hybridized carbons (Fsp3) is 0.222. The largest absolute Gasteiger partial charge is 0.295 e. The van der Waals surface area contributed by atoms with Crippen molar-refractivity contribution >= 4 is 29.8 Å². The van der Waals surface area contributed by atoms with Crippen molar-refractivity contribution in [2.45, 2.75) is 13.0 Å². The molecule has 1 aliphatic heterocycles. The Morgan fingerprint density at radius 1 is 1.10 bits per heavy atom. The lowest BCUT2D eigenvalue weighted by molar-refractivity contribution is 0.287. The maximum Gasteiger partial charge on any atom is 0.0237 e. The van der Waals surface area contributed by atoms with E-state index in [4.69, 9.17) is 0 Å². The summed E-state index contributed by atoms with van der Waals surface area (Å²) in [6, 6.07) is 12.9. The topological polar surface area (TPSA) is 3.24 Å². The van der Waals surface area contributed by atoms with Crippen molar-refractivity contribution in [1.82, 2.24) is 4.90 Å². The summed E-state index contributed by atoms with van der Waals surface area (Å²) in [6.45, 7) is 3.26. The van der Waals surface area contributed by atoms with Crippen LogP contribution in [0.5, 0.6) is 0 Å². The molecule has 0 atom stereocenters. The summed E-state index contributed by atoms with van der Waals surface area (Å²) >= 11 is 1.75. The van der Waals surface area contributed by atoms with Crippen molar-refractivity contribution in [3.63, 3.8) is 0 Å². The molecular weight excluding hydrogens is 298 g/mol. The van der Waals surface area contributed by atoms with E-state index in [9.17, 15) is 0 Å². The summed E-state index contributed by atoms with van der Waals surface area (Å²) in [5.41, 5.74) is 4.17. The summed E-state index contributed by atoms with van der Waals surface area (Å²) in [4.78, 5) is 2.50. The quantitative estimate of drug-likeness (QED) is 0.765. The normalized spacial score (nSPS) is 15.7. The fourth-order valence-electron chi connectivity index (χ4n) is 2.44. The Balaban J connectivity index is 0.00000161. The second-order valence-corrected chi connectivity index (χ2v) is 5.92. The van der Waals surface area contributed by atoms with Crippen LogP contribution in [-0.4, -0.2) is 18.0 Å². The number of hydrogen-bond donors (Lipinski definition) is 0. The molecule has 0 N–H and O–H groups in total. The van der Waals surface area contributed by atoms with Gasteiger partial charge in [0.1, 0.15) is 0 Å². The van der Waals surface area contributed by atoms with Crippen molar-refractivity contribution in [2.75, 3.05) is 13.1 Å². The van der Waals surface area contributed by atoms with Crippen LogP contribution in [0.3, 0.4) is 0 Å². The number of allylic oxidation sites excluding steroid dienone is 1. The minimum absolute atomic E-state index is 0. The van der Waals surface area contributed by atoms with Crippen LogP contribution >= 0.6 is 23.7 Å². The van der Waals surface area contributed by atoms with Crippen molar-refractivity contribution < 1.29 is 0 Å². The molecule has 2 heterocycles. The van der Waals surface area contributed by atoms with E-state index < -0.39 is 0 Å². The Morgan fingerprint density at radius 2 is 1.95 bits per heavy atom. The molecule has 0 radical (unpaired) electrons. The molecule has 3 heteroatoms. The van der Waals surface area contributed by atoms with E-state index in [1.165, 1.54) is 16.7 Å². The van der Waals surface area contributed by atoms with E-state index in [0.29, 0.717) is 0 Å². The van der Waals surface area contributed by atoms with E-state index >= 15 is 0 Å². The van der Waals surface area contributed by atoms with Gasteiger partial charge >= 0.3 is 0 Å². The summed E-state index contributed by atoms with van der Waals surface area (Å²) < 4.78 is 0. The summed E-state index contributed by atoms with van der Waals surface area (Å²) in [7, 11) is 0. The van der Waals surface area contributed by atoms with E-state index in [0.717, 1.165) is 26.1 Å². The van der Waals surface area contributed by atoms with Gasteiger partial charge < -0.3 is 0 Å². The van der Waals surface area contributed by atoms with Crippen LogP contribution in [0, 0.1) is 0 Å². The van der Waals surface area contributed by atoms with Gasteiger partial charge in [0.15, 0.2) is 0 Å². The molecule has 1 aromatic carbocycles. The SMILES string of the molecule is C1=C(/C=C/c2ccsc2)CCN(Cc2ccccc2)C1.Cl. The van der Waals surface area contributed by atoms with Crippen LogP contribution in [0.1, 0.15) is 17.5 Å². The number of rotatable bonds is 4. The second-order valence-electron chi connectivity index (χ2n) is 5.14. The first-order valence-corrected chi connectivity index (χ1v) is 8.00.